The Kier molecular flexibility index (Phi) is 4.59. The predicted molar refractivity (Wildman–Crippen MR) is 85.5 cm³/mol. The molecular formula is C16H10F3N5O3. The Hall–Kier alpha value is -3.76. The molecule has 3 aromatic rings. The maximum atomic E-state index is 12.7. The van der Waals surface area contributed by atoms with Gasteiger partial charge >= 0.3 is 12.1 Å². The van der Waals surface area contributed by atoms with Crippen LogP contribution in [0.15, 0.2) is 49.1 Å². The average molecular weight is 377 g/mol. The third-order valence-corrected chi connectivity index (χ3v) is 3.48. The molecule has 3 rings (SSSR count). The van der Waals surface area contributed by atoms with Crippen molar-refractivity contribution in [1.29, 1.82) is 0 Å². The first-order chi connectivity index (χ1) is 12.8. The van der Waals surface area contributed by atoms with Crippen LogP contribution in [-0.4, -0.2) is 36.7 Å². The fourth-order valence-electron chi connectivity index (χ4n) is 2.17. The van der Waals surface area contributed by atoms with E-state index >= 15 is 0 Å². The van der Waals surface area contributed by atoms with Gasteiger partial charge in [-0.1, -0.05) is 0 Å². The summed E-state index contributed by atoms with van der Waals surface area (Å²) in [7, 11) is 0. The topological polar surface area (TPSA) is 110 Å². The number of carboxylic acid groups (broad SMARTS) is 1. The van der Waals surface area contributed by atoms with Gasteiger partial charge in [0, 0.05) is 12.4 Å². The second kappa shape index (κ2) is 6.86. The van der Waals surface area contributed by atoms with E-state index in [4.69, 9.17) is 5.11 Å². The highest BCUT2D eigenvalue weighted by molar-refractivity contribution is 6.06. The number of nitrogens with zero attached hydrogens (tertiary/aromatic N) is 4. The third-order valence-electron chi connectivity index (χ3n) is 3.48. The largest absolute Gasteiger partial charge is 0.478 e. The first-order valence-corrected chi connectivity index (χ1v) is 7.33. The number of amides is 1. The molecule has 2 heterocycles. The Morgan fingerprint density at radius 2 is 1.89 bits per heavy atom. The fraction of sp³-hybridized carbons (Fsp3) is 0.0625. The van der Waals surface area contributed by atoms with Crippen LogP contribution >= 0.6 is 0 Å². The van der Waals surface area contributed by atoms with Crippen molar-refractivity contribution in [1.82, 2.24) is 19.7 Å². The monoisotopic (exact) mass is 377 g/mol. The van der Waals surface area contributed by atoms with Gasteiger partial charge in [0.15, 0.2) is 11.5 Å². The van der Waals surface area contributed by atoms with Crippen LogP contribution in [0, 0.1) is 0 Å². The zero-order valence-corrected chi connectivity index (χ0v) is 13.3. The number of rotatable bonds is 4. The maximum absolute atomic E-state index is 12.7. The van der Waals surface area contributed by atoms with Gasteiger partial charge in [0.25, 0.3) is 5.91 Å². The van der Waals surface area contributed by atoms with Crippen molar-refractivity contribution < 1.29 is 27.9 Å². The minimum atomic E-state index is -4.71. The van der Waals surface area contributed by atoms with E-state index in [0.717, 1.165) is 6.07 Å². The van der Waals surface area contributed by atoms with Crippen LogP contribution in [0.25, 0.3) is 5.82 Å². The molecule has 2 N–H and O–H groups in total. The summed E-state index contributed by atoms with van der Waals surface area (Å²) in [6.07, 6.45) is -0.0854. The van der Waals surface area contributed by atoms with E-state index in [0.29, 0.717) is 18.0 Å². The Bertz CT molecular complexity index is 986. The Morgan fingerprint density at radius 1 is 1.11 bits per heavy atom. The van der Waals surface area contributed by atoms with E-state index in [2.05, 4.69) is 20.5 Å². The van der Waals surface area contributed by atoms with Gasteiger partial charge < -0.3 is 10.4 Å². The van der Waals surface area contributed by atoms with Crippen molar-refractivity contribution in [2.45, 2.75) is 6.18 Å². The highest BCUT2D eigenvalue weighted by atomic mass is 19.4. The Morgan fingerprint density at radius 3 is 2.44 bits per heavy atom. The van der Waals surface area contributed by atoms with E-state index < -0.39 is 29.2 Å². The van der Waals surface area contributed by atoms with Gasteiger partial charge in [-0.2, -0.15) is 13.2 Å². The van der Waals surface area contributed by atoms with Gasteiger partial charge in [0.05, 0.1) is 16.8 Å². The summed E-state index contributed by atoms with van der Waals surface area (Å²) >= 11 is 0. The number of halogens is 3. The van der Waals surface area contributed by atoms with Crippen molar-refractivity contribution in [3.63, 3.8) is 0 Å². The summed E-state index contributed by atoms with van der Waals surface area (Å²) in [6, 6.07) is 4.82. The second-order valence-corrected chi connectivity index (χ2v) is 5.26. The predicted octanol–water partition coefficient (Wildman–Crippen LogP) is 2.63. The maximum Gasteiger partial charge on any atom is 0.416 e. The van der Waals surface area contributed by atoms with Gasteiger partial charge in [0.1, 0.15) is 6.33 Å². The molecule has 138 valence electrons. The SMILES string of the molecule is O=C(Nc1ccc(C(F)(F)F)cc1C(=O)O)c1ccc(-n2ccnc2)nn1. The third kappa shape index (κ3) is 3.92. The summed E-state index contributed by atoms with van der Waals surface area (Å²) in [4.78, 5) is 27.3. The molecular weight excluding hydrogens is 367 g/mol. The minimum absolute atomic E-state index is 0.143. The van der Waals surface area contributed by atoms with Crippen molar-refractivity contribution in [3.8, 4) is 5.82 Å². The number of benzene rings is 1. The van der Waals surface area contributed by atoms with E-state index in [-0.39, 0.29) is 11.4 Å². The zero-order chi connectivity index (χ0) is 19.6. The lowest BCUT2D eigenvalue weighted by Gasteiger charge is -2.12. The van der Waals surface area contributed by atoms with E-state index in [1.54, 1.807) is 10.8 Å². The quantitative estimate of drug-likeness (QED) is 0.723. The molecule has 0 bridgehead atoms. The number of carbonyl (C=O) groups is 2. The number of imidazole rings is 1. The summed E-state index contributed by atoms with van der Waals surface area (Å²) in [6.45, 7) is 0. The Balaban J connectivity index is 1.84. The van der Waals surface area contributed by atoms with Gasteiger partial charge in [-0.05, 0) is 30.3 Å². The molecule has 11 heteroatoms. The van der Waals surface area contributed by atoms with Crippen LogP contribution < -0.4 is 5.32 Å². The van der Waals surface area contributed by atoms with Crippen molar-refractivity contribution in [2.75, 3.05) is 5.32 Å². The number of carbonyl (C=O) groups excluding carboxylic acids is 1. The fourth-order valence-corrected chi connectivity index (χ4v) is 2.17. The number of aromatic carboxylic acids is 1. The minimum Gasteiger partial charge on any atom is -0.478 e. The Labute approximate surface area is 149 Å². The van der Waals surface area contributed by atoms with Crippen LogP contribution in [0.1, 0.15) is 26.4 Å². The lowest BCUT2D eigenvalue weighted by molar-refractivity contribution is -0.137. The first kappa shape index (κ1) is 18.0. The number of aromatic nitrogens is 4. The molecule has 1 amide bonds. The van der Waals surface area contributed by atoms with Crippen LogP contribution in [0.2, 0.25) is 0 Å². The molecule has 0 spiro atoms. The molecule has 0 saturated carbocycles. The molecule has 0 aliphatic heterocycles. The highest BCUT2D eigenvalue weighted by Gasteiger charge is 2.32. The number of nitrogens with one attached hydrogen (secondary N) is 1. The molecule has 8 nitrogen and oxygen atoms in total. The molecule has 2 aromatic heterocycles. The van der Waals surface area contributed by atoms with Crippen LogP contribution in [0.3, 0.4) is 0 Å². The van der Waals surface area contributed by atoms with E-state index in [1.807, 2.05) is 0 Å². The lowest BCUT2D eigenvalue weighted by atomic mass is 10.1. The van der Waals surface area contributed by atoms with Crippen LogP contribution in [0.4, 0.5) is 18.9 Å². The standard InChI is InChI=1S/C16H10F3N5O3/c17-16(18,19)9-1-2-11(10(7-9)15(26)27)21-14(25)12-3-4-13(23-22-12)24-6-5-20-8-24/h1-8H,(H,21,25)(H,26,27). The van der Waals surface area contributed by atoms with Gasteiger partial charge in [-0.25, -0.2) is 9.78 Å². The van der Waals surface area contributed by atoms with E-state index in [1.165, 1.54) is 24.7 Å². The normalized spacial score (nSPS) is 11.2. The van der Waals surface area contributed by atoms with Crippen molar-refractivity contribution in [3.05, 3.63) is 65.9 Å². The van der Waals surface area contributed by atoms with Crippen LogP contribution in [0.5, 0.6) is 0 Å². The summed E-state index contributed by atoms with van der Waals surface area (Å²) in [5.41, 5.74) is -2.26. The number of hydrogen-bond acceptors (Lipinski definition) is 5. The first-order valence-electron chi connectivity index (χ1n) is 7.33. The van der Waals surface area contributed by atoms with E-state index in [9.17, 15) is 22.8 Å². The number of carboxylic acids is 1. The summed E-state index contributed by atoms with van der Waals surface area (Å²) in [5, 5.41) is 18.9. The summed E-state index contributed by atoms with van der Waals surface area (Å²) in [5.74, 6) is -2.04. The molecule has 0 aliphatic carbocycles. The molecule has 0 aliphatic rings. The molecule has 0 saturated heterocycles. The molecule has 1 aromatic carbocycles. The number of alkyl halides is 3. The molecule has 0 radical (unpaired) electrons. The molecule has 27 heavy (non-hydrogen) atoms. The van der Waals surface area contributed by atoms with Gasteiger partial charge in [-0.3, -0.25) is 9.36 Å². The second-order valence-electron chi connectivity index (χ2n) is 5.26. The number of anilines is 1. The number of hydrogen-bond donors (Lipinski definition) is 2. The molecule has 0 atom stereocenters. The zero-order valence-electron chi connectivity index (χ0n) is 13.3. The average Bonchev–Trinajstić information content (AvgIpc) is 3.15. The van der Waals surface area contributed by atoms with Crippen LogP contribution in [-0.2, 0) is 6.18 Å². The van der Waals surface area contributed by atoms with Gasteiger partial charge in [-0.15, -0.1) is 10.2 Å². The molecule has 0 fully saturated rings. The molecule has 0 unspecified atom stereocenters. The van der Waals surface area contributed by atoms with Crippen molar-refractivity contribution >= 4 is 17.6 Å². The highest BCUT2D eigenvalue weighted by Crippen LogP contribution is 2.32. The smallest absolute Gasteiger partial charge is 0.416 e. The van der Waals surface area contributed by atoms with Gasteiger partial charge in [0.2, 0.25) is 0 Å². The van der Waals surface area contributed by atoms with Crippen molar-refractivity contribution in [2.24, 2.45) is 0 Å². The summed E-state index contributed by atoms with van der Waals surface area (Å²) < 4.78 is 39.8. The lowest BCUT2D eigenvalue weighted by Crippen LogP contribution is -2.18.